The van der Waals surface area contributed by atoms with Crippen molar-refractivity contribution >= 4 is 11.0 Å². The van der Waals surface area contributed by atoms with E-state index in [9.17, 15) is 55.9 Å². The molecule has 0 saturated carbocycles. The van der Waals surface area contributed by atoms with Crippen molar-refractivity contribution in [2.45, 2.75) is 61.4 Å². The number of hydrogen-bond donors (Lipinski definition) is 10. The highest BCUT2D eigenvalue weighted by molar-refractivity contribution is 5.89. The maximum Gasteiger partial charge on any atom is 0.229 e. The third kappa shape index (κ3) is 5.73. The van der Waals surface area contributed by atoms with Crippen LogP contribution < -0.4 is 14.9 Å². The summed E-state index contributed by atoms with van der Waals surface area (Å²) < 4.78 is 27.8. The van der Waals surface area contributed by atoms with Gasteiger partial charge in [0.15, 0.2) is 16.9 Å². The molecular weight excluding hydrogens is 580 g/mol. The van der Waals surface area contributed by atoms with E-state index in [1.807, 2.05) is 0 Å². The van der Waals surface area contributed by atoms with Crippen molar-refractivity contribution in [3.63, 3.8) is 0 Å². The standard InChI is InChI=1S/C27H30O16/c28-7-15-18(32)21(35)23(37)26(41-15)40-14-6-13-17(11(31)5-12(39-13)9-1-3-10(30)4-2-9)20(34)25(14)43-27-24(38)22(36)19(33)16(8-29)42-27/h1-6,15-16,18-19,21-24,26-30,32-38H,7-8H2/t15-,16+,18-,19-,21-,22-,23+,24+,26-,27+/m1/s1. The zero-order valence-electron chi connectivity index (χ0n) is 22.1. The van der Waals surface area contributed by atoms with Crippen LogP contribution in [-0.2, 0) is 9.47 Å². The summed E-state index contributed by atoms with van der Waals surface area (Å²) >= 11 is 0. The summed E-state index contributed by atoms with van der Waals surface area (Å²) in [4.78, 5) is 13.2. The Morgan fingerprint density at radius 1 is 0.698 bits per heavy atom. The molecule has 16 heteroatoms. The van der Waals surface area contributed by atoms with Gasteiger partial charge in [0.2, 0.25) is 18.3 Å². The second-order valence-electron chi connectivity index (χ2n) is 10.1. The molecule has 2 aliphatic rings. The molecule has 2 aromatic carbocycles. The molecule has 10 atom stereocenters. The fourth-order valence-corrected chi connectivity index (χ4v) is 4.80. The summed E-state index contributed by atoms with van der Waals surface area (Å²) in [5.74, 6) is -2.19. The van der Waals surface area contributed by atoms with Crippen LogP contribution in [0.25, 0.3) is 22.3 Å². The second kappa shape index (κ2) is 12.2. The predicted octanol–water partition coefficient (Wildman–Crippen LogP) is -2.77. The van der Waals surface area contributed by atoms with Crippen molar-refractivity contribution in [2.24, 2.45) is 0 Å². The van der Waals surface area contributed by atoms with Gasteiger partial charge in [-0.3, -0.25) is 4.79 Å². The summed E-state index contributed by atoms with van der Waals surface area (Å²) in [7, 11) is 0. The number of ether oxygens (including phenoxy) is 4. The molecule has 2 saturated heterocycles. The van der Waals surface area contributed by atoms with E-state index in [2.05, 4.69) is 0 Å². The smallest absolute Gasteiger partial charge is 0.229 e. The van der Waals surface area contributed by atoms with Crippen molar-refractivity contribution in [1.82, 2.24) is 0 Å². The zero-order chi connectivity index (χ0) is 31.2. The van der Waals surface area contributed by atoms with E-state index in [-0.39, 0.29) is 17.1 Å². The predicted molar refractivity (Wildman–Crippen MR) is 140 cm³/mol. The quantitative estimate of drug-likeness (QED) is 0.130. The van der Waals surface area contributed by atoms with Crippen molar-refractivity contribution in [2.75, 3.05) is 13.2 Å². The normalized spacial score (nSPS) is 32.9. The summed E-state index contributed by atoms with van der Waals surface area (Å²) in [6.07, 6.45) is -17.5. The Kier molecular flexibility index (Phi) is 8.77. The average Bonchev–Trinajstić information content (AvgIpc) is 2.99. The molecular formula is C27H30O16. The van der Waals surface area contributed by atoms with E-state index in [4.69, 9.17) is 23.4 Å². The zero-order valence-corrected chi connectivity index (χ0v) is 22.1. The molecule has 43 heavy (non-hydrogen) atoms. The number of fused-ring (bicyclic) bond motifs is 1. The minimum absolute atomic E-state index is 0.0123. The molecule has 3 aromatic rings. The van der Waals surface area contributed by atoms with Crippen molar-refractivity contribution in [1.29, 1.82) is 0 Å². The van der Waals surface area contributed by atoms with Crippen LogP contribution in [0, 0.1) is 0 Å². The van der Waals surface area contributed by atoms with Crippen LogP contribution in [0.4, 0.5) is 0 Å². The van der Waals surface area contributed by atoms with Crippen LogP contribution in [0.15, 0.2) is 45.6 Å². The highest BCUT2D eigenvalue weighted by Crippen LogP contribution is 2.45. The molecule has 16 nitrogen and oxygen atoms in total. The first-order valence-electron chi connectivity index (χ1n) is 13.0. The SMILES string of the molecule is O=c1cc(-c2ccc(O)cc2)oc2cc(O[C@@H]3O[C@H](CO)[C@@H](O)[C@@H](O)[C@@H]3O)c(O[C@@H]3O[C@@H](CO)[C@@H](O)[C@@H](O)[C@@H]3O)c(O)c12. The van der Waals surface area contributed by atoms with Crippen LogP contribution in [-0.4, -0.2) is 126 Å². The van der Waals surface area contributed by atoms with Crippen LogP contribution >= 0.6 is 0 Å². The van der Waals surface area contributed by atoms with Crippen molar-refractivity contribution in [3.8, 4) is 34.3 Å². The molecule has 10 N–H and O–H groups in total. The molecule has 0 aliphatic carbocycles. The maximum atomic E-state index is 13.2. The topological polar surface area (TPSA) is 269 Å². The maximum absolute atomic E-state index is 13.2. The lowest BCUT2D eigenvalue weighted by Gasteiger charge is -2.41. The average molecular weight is 611 g/mol. The molecule has 3 heterocycles. The molecule has 2 fully saturated rings. The van der Waals surface area contributed by atoms with Crippen molar-refractivity contribution < 1.29 is 74.4 Å². The van der Waals surface area contributed by atoms with Gasteiger partial charge < -0.3 is 74.4 Å². The number of benzene rings is 2. The molecule has 2 aliphatic heterocycles. The lowest BCUT2D eigenvalue weighted by atomic mass is 9.99. The number of rotatable bonds is 7. The highest BCUT2D eigenvalue weighted by atomic mass is 16.7. The number of phenols is 2. The van der Waals surface area contributed by atoms with Gasteiger partial charge in [-0.25, -0.2) is 0 Å². The van der Waals surface area contributed by atoms with Crippen molar-refractivity contribution in [3.05, 3.63) is 46.6 Å². The van der Waals surface area contributed by atoms with Gasteiger partial charge in [0.25, 0.3) is 0 Å². The fourth-order valence-electron chi connectivity index (χ4n) is 4.80. The first-order chi connectivity index (χ1) is 20.4. The number of aliphatic hydroxyl groups is 8. The second-order valence-corrected chi connectivity index (χ2v) is 10.1. The molecule has 5 rings (SSSR count). The minimum Gasteiger partial charge on any atom is -0.508 e. The summed E-state index contributed by atoms with van der Waals surface area (Å²) in [5.41, 5.74) is -0.692. The Labute approximate surface area is 241 Å². The minimum atomic E-state index is -1.94. The van der Waals surface area contributed by atoms with E-state index in [0.29, 0.717) is 5.56 Å². The highest BCUT2D eigenvalue weighted by Gasteiger charge is 2.47. The monoisotopic (exact) mass is 610 g/mol. The largest absolute Gasteiger partial charge is 0.508 e. The molecule has 1 aromatic heterocycles. The van der Waals surface area contributed by atoms with Gasteiger partial charge in [-0.2, -0.15) is 0 Å². The molecule has 0 bridgehead atoms. The summed E-state index contributed by atoms with van der Waals surface area (Å²) in [6, 6.07) is 7.71. The third-order valence-electron chi connectivity index (χ3n) is 7.24. The Bertz CT molecular complexity index is 1490. The van der Waals surface area contributed by atoms with Crippen LogP contribution in [0.1, 0.15) is 0 Å². The van der Waals surface area contributed by atoms with E-state index in [1.54, 1.807) is 0 Å². The molecule has 234 valence electrons. The Hall–Kier alpha value is -3.55. The van der Waals surface area contributed by atoms with Gasteiger partial charge in [-0.15, -0.1) is 0 Å². The first-order valence-corrected chi connectivity index (χ1v) is 13.0. The fraction of sp³-hybridized carbons (Fsp3) is 0.444. The van der Waals surface area contributed by atoms with E-state index < -0.39 is 103 Å². The lowest BCUT2D eigenvalue weighted by Crippen LogP contribution is -2.60. The van der Waals surface area contributed by atoms with Gasteiger partial charge in [0, 0.05) is 17.7 Å². The van der Waals surface area contributed by atoms with Crippen LogP contribution in [0.3, 0.4) is 0 Å². The number of hydrogen-bond acceptors (Lipinski definition) is 16. The Morgan fingerprint density at radius 3 is 1.77 bits per heavy atom. The molecule has 0 amide bonds. The number of phenolic OH excluding ortho intramolecular Hbond substituents is 2. The first kappa shape index (κ1) is 30.9. The van der Waals surface area contributed by atoms with Crippen LogP contribution in [0.2, 0.25) is 0 Å². The van der Waals surface area contributed by atoms with E-state index in [1.165, 1.54) is 24.3 Å². The number of aliphatic hydroxyl groups excluding tert-OH is 8. The molecule has 0 spiro atoms. The van der Waals surface area contributed by atoms with Gasteiger partial charge in [-0.05, 0) is 24.3 Å². The lowest BCUT2D eigenvalue weighted by molar-refractivity contribution is -0.282. The van der Waals surface area contributed by atoms with Gasteiger partial charge in [0.1, 0.15) is 71.3 Å². The Balaban J connectivity index is 1.62. The Morgan fingerprint density at radius 2 is 1.23 bits per heavy atom. The summed E-state index contributed by atoms with van der Waals surface area (Å²) in [5, 5.41) is 101. The number of aromatic hydroxyl groups is 2. The van der Waals surface area contributed by atoms with Gasteiger partial charge >= 0.3 is 0 Å². The van der Waals surface area contributed by atoms with E-state index in [0.717, 1.165) is 12.1 Å². The molecule has 0 radical (unpaired) electrons. The summed E-state index contributed by atoms with van der Waals surface area (Å²) in [6.45, 7) is -1.58. The van der Waals surface area contributed by atoms with E-state index >= 15 is 0 Å². The van der Waals surface area contributed by atoms with Gasteiger partial charge in [0.05, 0.1) is 13.2 Å². The van der Waals surface area contributed by atoms with Crippen LogP contribution in [0.5, 0.6) is 23.0 Å². The third-order valence-corrected chi connectivity index (χ3v) is 7.24. The van der Waals surface area contributed by atoms with Gasteiger partial charge in [-0.1, -0.05) is 0 Å². The molecule has 0 unspecified atom stereocenters.